The molecule has 0 heterocycles. The molecule has 2 aromatic carbocycles. The molecule has 3 heteroatoms. The van der Waals surface area contributed by atoms with Crippen molar-refractivity contribution in [2.24, 2.45) is 0 Å². The highest BCUT2D eigenvalue weighted by Crippen LogP contribution is 2.46. The second kappa shape index (κ2) is 5.65. The van der Waals surface area contributed by atoms with E-state index in [1.165, 1.54) is 0 Å². The number of hydrogen-bond acceptors (Lipinski definition) is 3. The van der Waals surface area contributed by atoms with Crippen LogP contribution in [0.5, 0.6) is 17.2 Å². The van der Waals surface area contributed by atoms with Gasteiger partial charge in [-0.15, -0.1) is 0 Å². The lowest BCUT2D eigenvalue weighted by Crippen LogP contribution is -1.99. The maximum atomic E-state index is 5.54. The smallest absolute Gasteiger partial charge is 0.172 e. The third kappa shape index (κ3) is 2.36. The van der Waals surface area contributed by atoms with E-state index in [0.717, 1.165) is 28.2 Å². The fourth-order valence-electron chi connectivity index (χ4n) is 2.23. The first-order chi connectivity index (χ1) is 9.22. The monoisotopic (exact) mass is 258 g/mol. The van der Waals surface area contributed by atoms with Crippen LogP contribution in [0.2, 0.25) is 0 Å². The van der Waals surface area contributed by atoms with Crippen LogP contribution >= 0.6 is 0 Å². The van der Waals surface area contributed by atoms with Crippen LogP contribution in [0.25, 0.3) is 11.1 Å². The molecule has 0 aliphatic rings. The number of aryl methyl sites for hydroxylation is 1. The predicted molar refractivity (Wildman–Crippen MR) is 76.3 cm³/mol. The molecule has 0 aromatic heterocycles. The van der Waals surface area contributed by atoms with Crippen LogP contribution < -0.4 is 14.2 Å². The van der Waals surface area contributed by atoms with Crippen LogP contribution in [0.4, 0.5) is 0 Å². The van der Waals surface area contributed by atoms with Crippen molar-refractivity contribution in [3.8, 4) is 28.4 Å². The van der Waals surface area contributed by atoms with Crippen molar-refractivity contribution >= 4 is 0 Å². The van der Waals surface area contributed by atoms with Crippen molar-refractivity contribution in [3.05, 3.63) is 42.0 Å². The molecule has 3 nitrogen and oxygen atoms in total. The summed E-state index contributed by atoms with van der Waals surface area (Å²) in [5, 5.41) is 0. The van der Waals surface area contributed by atoms with E-state index in [4.69, 9.17) is 14.2 Å². The van der Waals surface area contributed by atoms with Gasteiger partial charge in [0.15, 0.2) is 11.5 Å². The van der Waals surface area contributed by atoms with Gasteiger partial charge in [0, 0.05) is 0 Å². The standard InChI is InChI=1S/C16H18O3/c1-11-10-13(17-2)14(12-8-6-5-7-9-12)16(19-4)15(11)18-3/h5-10H,1-4H3. The Labute approximate surface area is 113 Å². The first-order valence-corrected chi connectivity index (χ1v) is 6.08. The van der Waals surface area contributed by atoms with Crippen molar-refractivity contribution in [2.75, 3.05) is 21.3 Å². The molecular weight excluding hydrogens is 240 g/mol. The van der Waals surface area contributed by atoms with Gasteiger partial charge in [-0.05, 0) is 24.1 Å². The minimum atomic E-state index is 0.700. The molecule has 0 N–H and O–H groups in total. The van der Waals surface area contributed by atoms with Crippen molar-refractivity contribution in [2.45, 2.75) is 6.92 Å². The van der Waals surface area contributed by atoms with Gasteiger partial charge in [-0.25, -0.2) is 0 Å². The molecule has 0 saturated carbocycles. The van der Waals surface area contributed by atoms with E-state index < -0.39 is 0 Å². The number of methoxy groups -OCH3 is 3. The molecule has 0 fully saturated rings. The third-order valence-electron chi connectivity index (χ3n) is 3.08. The Morgan fingerprint density at radius 1 is 0.789 bits per heavy atom. The zero-order chi connectivity index (χ0) is 13.8. The van der Waals surface area contributed by atoms with Crippen LogP contribution in [0, 0.1) is 6.92 Å². The molecule has 2 rings (SSSR count). The second-order valence-electron chi connectivity index (χ2n) is 4.20. The van der Waals surface area contributed by atoms with Gasteiger partial charge in [-0.1, -0.05) is 30.3 Å². The highest BCUT2D eigenvalue weighted by molar-refractivity contribution is 5.81. The van der Waals surface area contributed by atoms with Crippen LogP contribution in [0.15, 0.2) is 36.4 Å². The Balaban J connectivity index is 2.76. The molecule has 19 heavy (non-hydrogen) atoms. The first kappa shape index (κ1) is 13.3. The summed E-state index contributed by atoms with van der Waals surface area (Å²) in [5.74, 6) is 2.22. The van der Waals surface area contributed by atoms with Crippen LogP contribution in [-0.2, 0) is 0 Å². The Bertz CT molecular complexity index is 562. The summed E-state index contributed by atoms with van der Waals surface area (Å²) in [6.07, 6.45) is 0. The van der Waals surface area contributed by atoms with Crippen molar-refractivity contribution in [1.29, 1.82) is 0 Å². The normalized spacial score (nSPS) is 10.1. The number of hydrogen-bond donors (Lipinski definition) is 0. The molecule has 0 aliphatic heterocycles. The molecule has 0 bridgehead atoms. The predicted octanol–water partition coefficient (Wildman–Crippen LogP) is 3.69. The second-order valence-corrected chi connectivity index (χ2v) is 4.20. The molecular formula is C16H18O3. The Morgan fingerprint density at radius 2 is 1.42 bits per heavy atom. The number of benzene rings is 2. The molecule has 0 amide bonds. The van der Waals surface area contributed by atoms with E-state index >= 15 is 0 Å². The van der Waals surface area contributed by atoms with Gasteiger partial charge in [-0.2, -0.15) is 0 Å². The molecule has 100 valence electrons. The maximum Gasteiger partial charge on any atom is 0.172 e. The fourth-order valence-corrected chi connectivity index (χ4v) is 2.23. The lowest BCUT2D eigenvalue weighted by Gasteiger charge is -2.18. The Morgan fingerprint density at radius 3 is 1.95 bits per heavy atom. The summed E-state index contributed by atoms with van der Waals surface area (Å²) < 4.78 is 16.5. The van der Waals surface area contributed by atoms with Crippen LogP contribution in [0.3, 0.4) is 0 Å². The van der Waals surface area contributed by atoms with Crippen molar-refractivity contribution < 1.29 is 14.2 Å². The maximum absolute atomic E-state index is 5.54. The van der Waals surface area contributed by atoms with Crippen molar-refractivity contribution in [3.63, 3.8) is 0 Å². The molecule has 0 atom stereocenters. The highest BCUT2D eigenvalue weighted by atomic mass is 16.5. The minimum absolute atomic E-state index is 0.700. The summed E-state index contributed by atoms with van der Waals surface area (Å²) in [7, 11) is 4.95. The summed E-state index contributed by atoms with van der Waals surface area (Å²) in [6, 6.07) is 12.0. The van der Waals surface area contributed by atoms with Crippen LogP contribution in [-0.4, -0.2) is 21.3 Å². The number of rotatable bonds is 4. The van der Waals surface area contributed by atoms with Crippen LogP contribution in [0.1, 0.15) is 5.56 Å². The first-order valence-electron chi connectivity index (χ1n) is 6.08. The summed E-state index contributed by atoms with van der Waals surface area (Å²) in [5.41, 5.74) is 2.93. The Hall–Kier alpha value is -2.16. The topological polar surface area (TPSA) is 27.7 Å². The van der Waals surface area contributed by atoms with E-state index in [1.807, 2.05) is 43.3 Å². The SMILES string of the molecule is COc1cc(C)c(OC)c(OC)c1-c1ccccc1. The molecule has 0 saturated heterocycles. The lowest BCUT2D eigenvalue weighted by atomic mass is 10.0. The lowest BCUT2D eigenvalue weighted by molar-refractivity contribution is 0.348. The van der Waals surface area contributed by atoms with Crippen molar-refractivity contribution in [1.82, 2.24) is 0 Å². The van der Waals surface area contributed by atoms with E-state index in [0.29, 0.717) is 5.75 Å². The van der Waals surface area contributed by atoms with E-state index in [1.54, 1.807) is 21.3 Å². The third-order valence-corrected chi connectivity index (χ3v) is 3.08. The molecule has 0 aliphatic carbocycles. The molecule has 0 unspecified atom stereocenters. The zero-order valence-electron chi connectivity index (χ0n) is 11.7. The van der Waals surface area contributed by atoms with E-state index in [9.17, 15) is 0 Å². The Kier molecular flexibility index (Phi) is 3.95. The quantitative estimate of drug-likeness (QED) is 0.837. The molecule has 0 spiro atoms. The van der Waals surface area contributed by atoms with E-state index in [-0.39, 0.29) is 0 Å². The minimum Gasteiger partial charge on any atom is -0.496 e. The molecule has 0 radical (unpaired) electrons. The zero-order valence-corrected chi connectivity index (χ0v) is 11.7. The van der Waals surface area contributed by atoms with Gasteiger partial charge in [0.05, 0.1) is 26.9 Å². The van der Waals surface area contributed by atoms with Gasteiger partial charge in [0.25, 0.3) is 0 Å². The van der Waals surface area contributed by atoms with Gasteiger partial charge in [0.1, 0.15) is 5.75 Å². The largest absolute Gasteiger partial charge is 0.496 e. The fraction of sp³-hybridized carbons (Fsp3) is 0.250. The van der Waals surface area contributed by atoms with Gasteiger partial charge < -0.3 is 14.2 Å². The highest BCUT2D eigenvalue weighted by Gasteiger charge is 2.19. The average molecular weight is 258 g/mol. The van der Waals surface area contributed by atoms with E-state index in [2.05, 4.69) is 0 Å². The summed E-state index contributed by atoms with van der Waals surface area (Å²) in [4.78, 5) is 0. The summed E-state index contributed by atoms with van der Waals surface area (Å²) >= 11 is 0. The summed E-state index contributed by atoms with van der Waals surface area (Å²) in [6.45, 7) is 1.97. The van der Waals surface area contributed by atoms with Gasteiger partial charge in [0.2, 0.25) is 0 Å². The van der Waals surface area contributed by atoms with Gasteiger partial charge >= 0.3 is 0 Å². The average Bonchev–Trinajstić information content (AvgIpc) is 2.46. The number of ether oxygens (including phenoxy) is 3. The molecule has 2 aromatic rings. The van der Waals surface area contributed by atoms with Gasteiger partial charge in [-0.3, -0.25) is 0 Å².